The molecule has 0 bridgehead atoms. The summed E-state index contributed by atoms with van der Waals surface area (Å²) in [7, 11) is 0. The number of ether oxygens (including phenoxy) is 1. The summed E-state index contributed by atoms with van der Waals surface area (Å²) in [5, 5.41) is 3.58. The number of nitrogens with one attached hydrogen (secondary N) is 1. The van der Waals surface area contributed by atoms with Gasteiger partial charge in [-0.15, -0.1) is 0 Å². The third-order valence-electron chi connectivity index (χ3n) is 3.55. The topological polar surface area (TPSA) is 21.3 Å². The number of hydrogen-bond donors (Lipinski definition) is 1. The van der Waals surface area contributed by atoms with Gasteiger partial charge in [0.1, 0.15) is 5.60 Å². The van der Waals surface area contributed by atoms with E-state index in [0.29, 0.717) is 6.04 Å². The second-order valence-electron chi connectivity index (χ2n) is 5.29. The summed E-state index contributed by atoms with van der Waals surface area (Å²) in [5.74, 6) is 0. The molecule has 1 aromatic carbocycles. The molecule has 1 fully saturated rings. The summed E-state index contributed by atoms with van der Waals surface area (Å²) in [4.78, 5) is 0. The summed E-state index contributed by atoms with van der Waals surface area (Å²) in [6.07, 6.45) is 2.68. The highest BCUT2D eigenvalue weighted by molar-refractivity contribution is 5.24. The van der Waals surface area contributed by atoms with Crippen molar-refractivity contribution in [1.29, 1.82) is 0 Å². The first-order valence-electron chi connectivity index (χ1n) is 6.59. The van der Waals surface area contributed by atoms with E-state index in [4.69, 9.17) is 4.74 Å². The minimum Gasteiger partial charge on any atom is -0.366 e. The first kappa shape index (κ1) is 12.6. The van der Waals surface area contributed by atoms with E-state index in [1.165, 1.54) is 18.4 Å². The lowest BCUT2D eigenvalue weighted by molar-refractivity contribution is -0.0929. The quantitative estimate of drug-likeness (QED) is 0.863. The van der Waals surface area contributed by atoms with Crippen molar-refractivity contribution in [3.05, 3.63) is 35.9 Å². The fourth-order valence-electron chi connectivity index (χ4n) is 2.76. The second-order valence-corrected chi connectivity index (χ2v) is 5.29. The zero-order valence-corrected chi connectivity index (χ0v) is 11.1. The molecule has 0 saturated carbocycles. The predicted molar refractivity (Wildman–Crippen MR) is 71.0 cm³/mol. The molecule has 2 heteroatoms. The molecular weight excluding hydrogens is 210 g/mol. The predicted octanol–water partition coefficient (Wildman–Crippen LogP) is 3.08. The van der Waals surface area contributed by atoms with Crippen LogP contribution in [0.2, 0.25) is 0 Å². The molecule has 1 aliphatic rings. The molecule has 1 aliphatic heterocycles. The van der Waals surface area contributed by atoms with Crippen molar-refractivity contribution in [3.63, 3.8) is 0 Å². The van der Waals surface area contributed by atoms with E-state index < -0.39 is 0 Å². The maximum atomic E-state index is 6.25. The molecule has 1 N–H and O–H groups in total. The molecule has 0 aromatic heterocycles. The van der Waals surface area contributed by atoms with Crippen molar-refractivity contribution in [2.24, 2.45) is 0 Å². The molecule has 17 heavy (non-hydrogen) atoms. The zero-order chi connectivity index (χ0) is 12.3. The van der Waals surface area contributed by atoms with Gasteiger partial charge in [-0.1, -0.05) is 30.3 Å². The zero-order valence-electron chi connectivity index (χ0n) is 11.1. The van der Waals surface area contributed by atoms with Crippen LogP contribution in [0.3, 0.4) is 0 Å². The van der Waals surface area contributed by atoms with Crippen molar-refractivity contribution in [3.8, 4) is 0 Å². The molecule has 2 nitrogen and oxygen atoms in total. The molecular formula is C15H23NO. The van der Waals surface area contributed by atoms with Crippen molar-refractivity contribution < 1.29 is 4.74 Å². The molecule has 1 aromatic rings. The molecule has 0 radical (unpaired) electrons. The Morgan fingerprint density at radius 2 is 2.00 bits per heavy atom. The molecule has 1 saturated heterocycles. The smallest absolute Gasteiger partial charge is 0.106 e. The SMILES string of the molecule is CC(C)O[C@@](C)(c1ccccc1)[C@H]1CCCN1. The van der Waals surface area contributed by atoms with Crippen LogP contribution in [0.5, 0.6) is 0 Å². The Morgan fingerprint density at radius 1 is 1.29 bits per heavy atom. The largest absolute Gasteiger partial charge is 0.366 e. The van der Waals surface area contributed by atoms with Crippen LogP contribution in [0.1, 0.15) is 39.2 Å². The lowest BCUT2D eigenvalue weighted by Crippen LogP contribution is -2.46. The van der Waals surface area contributed by atoms with Gasteiger partial charge in [0, 0.05) is 6.04 Å². The van der Waals surface area contributed by atoms with Crippen LogP contribution in [0.25, 0.3) is 0 Å². The van der Waals surface area contributed by atoms with Crippen LogP contribution >= 0.6 is 0 Å². The van der Waals surface area contributed by atoms with E-state index in [-0.39, 0.29) is 11.7 Å². The van der Waals surface area contributed by atoms with E-state index in [9.17, 15) is 0 Å². The van der Waals surface area contributed by atoms with Crippen molar-refractivity contribution in [2.45, 2.75) is 51.4 Å². The number of hydrogen-bond acceptors (Lipinski definition) is 2. The fraction of sp³-hybridized carbons (Fsp3) is 0.600. The molecule has 0 spiro atoms. The normalized spacial score (nSPS) is 23.9. The highest BCUT2D eigenvalue weighted by atomic mass is 16.5. The van der Waals surface area contributed by atoms with E-state index in [0.717, 1.165) is 6.54 Å². The summed E-state index contributed by atoms with van der Waals surface area (Å²) < 4.78 is 6.25. The second kappa shape index (κ2) is 5.19. The minimum absolute atomic E-state index is 0.216. The van der Waals surface area contributed by atoms with Gasteiger partial charge in [-0.05, 0) is 45.7 Å². The Balaban J connectivity index is 2.29. The number of benzene rings is 1. The Bertz CT molecular complexity index is 343. The standard InChI is InChI=1S/C15H23NO/c1-12(2)17-15(3,14-10-7-11-16-14)13-8-5-4-6-9-13/h4-6,8-9,12,14,16H,7,10-11H2,1-3H3/t14-,15+/m1/s1. The van der Waals surface area contributed by atoms with Crippen LogP contribution in [-0.4, -0.2) is 18.7 Å². The van der Waals surface area contributed by atoms with E-state index in [1.54, 1.807) is 0 Å². The van der Waals surface area contributed by atoms with Gasteiger partial charge in [-0.25, -0.2) is 0 Å². The van der Waals surface area contributed by atoms with Crippen LogP contribution in [0.15, 0.2) is 30.3 Å². The Labute approximate surface area is 104 Å². The Morgan fingerprint density at radius 3 is 2.53 bits per heavy atom. The van der Waals surface area contributed by atoms with Gasteiger partial charge in [0.15, 0.2) is 0 Å². The lowest BCUT2D eigenvalue weighted by atomic mass is 9.86. The van der Waals surface area contributed by atoms with Crippen molar-refractivity contribution in [2.75, 3.05) is 6.54 Å². The molecule has 2 rings (SSSR count). The van der Waals surface area contributed by atoms with E-state index in [2.05, 4.69) is 56.4 Å². The Kier molecular flexibility index (Phi) is 3.85. The fourth-order valence-corrected chi connectivity index (χ4v) is 2.76. The average Bonchev–Trinajstić information content (AvgIpc) is 2.83. The lowest BCUT2D eigenvalue weighted by Gasteiger charge is -2.38. The summed E-state index contributed by atoms with van der Waals surface area (Å²) >= 11 is 0. The maximum absolute atomic E-state index is 6.25. The van der Waals surface area contributed by atoms with Crippen molar-refractivity contribution >= 4 is 0 Å². The highest BCUT2D eigenvalue weighted by Gasteiger charge is 2.39. The third kappa shape index (κ3) is 2.70. The van der Waals surface area contributed by atoms with Crippen LogP contribution in [0, 0.1) is 0 Å². The maximum Gasteiger partial charge on any atom is 0.106 e. The minimum atomic E-state index is -0.216. The molecule has 0 aliphatic carbocycles. The van der Waals surface area contributed by atoms with Gasteiger partial charge in [0.25, 0.3) is 0 Å². The summed E-state index contributed by atoms with van der Waals surface area (Å²) in [6.45, 7) is 7.53. The first-order valence-corrected chi connectivity index (χ1v) is 6.59. The summed E-state index contributed by atoms with van der Waals surface area (Å²) in [5.41, 5.74) is 1.06. The van der Waals surface area contributed by atoms with Crippen molar-refractivity contribution in [1.82, 2.24) is 5.32 Å². The first-order chi connectivity index (χ1) is 8.13. The molecule has 0 unspecified atom stereocenters. The van der Waals surface area contributed by atoms with Gasteiger partial charge in [-0.3, -0.25) is 0 Å². The van der Waals surface area contributed by atoms with Crippen LogP contribution in [0.4, 0.5) is 0 Å². The molecule has 94 valence electrons. The third-order valence-corrected chi connectivity index (χ3v) is 3.55. The van der Waals surface area contributed by atoms with Gasteiger partial charge >= 0.3 is 0 Å². The van der Waals surface area contributed by atoms with Crippen LogP contribution in [-0.2, 0) is 10.3 Å². The van der Waals surface area contributed by atoms with Crippen LogP contribution < -0.4 is 5.32 Å². The van der Waals surface area contributed by atoms with Gasteiger partial charge in [0.2, 0.25) is 0 Å². The Hall–Kier alpha value is -0.860. The molecule has 1 heterocycles. The summed E-state index contributed by atoms with van der Waals surface area (Å²) in [6, 6.07) is 11.0. The average molecular weight is 233 g/mol. The number of rotatable bonds is 4. The van der Waals surface area contributed by atoms with E-state index >= 15 is 0 Å². The van der Waals surface area contributed by atoms with Gasteiger partial charge in [-0.2, -0.15) is 0 Å². The van der Waals surface area contributed by atoms with Gasteiger partial charge in [0.05, 0.1) is 6.10 Å². The molecule has 2 atom stereocenters. The highest BCUT2D eigenvalue weighted by Crippen LogP contribution is 2.34. The molecule has 0 amide bonds. The van der Waals surface area contributed by atoms with Gasteiger partial charge < -0.3 is 10.1 Å². The van der Waals surface area contributed by atoms with E-state index in [1.807, 2.05) is 0 Å². The monoisotopic (exact) mass is 233 g/mol.